The van der Waals surface area contributed by atoms with Gasteiger partial charge in [0.25, 0.3) is 0 Å². The van der Waals surface area contributed by atoms with Crippen LogP contribution in [0.5, 0.6) is 0 Å². The molecule has 0 bridgehead atoms. The molecule has 3 rings (SSSR count). The van der Waals surface area contributed by atoms with Crippen LogP contribution < -0.4 is 5.32 Å². The van der Waals surface area contributed by atoms with Crippen molar-refractivity contribution in [1.29, 1.82) is 0 Å². The van der Waals surface area contributed by atoms with Gasteiger partial charge in [0.15, 0.2) is 0 Å². The Morgan fingerprint density at radius 2 is 1.79 bits per heavy atom. The van der Waals surface area contributed by atoms with Crippen LogP contribution in [-0.2, 0) is 13.1 Å². The van der Waals surface area contributed by atoms with Crippen molar-refractivity contribution in [3.8, 4) is 0 Å². The van der Waals surface area contributed by atoms with Gasteiger partial charge in [-0.2, -0.15) is 0 Å². The molecule has 152 valence electrons. The van der Waals surface area contributed by atoms with Gasteiger partial charge in [0.2, 0.25) is 0 Å². The molecule has 1 atom stereocenters. The van der Waals surface area contributed by atoms with Gasteiger partial charge in [0.1, 0.15) is 5.82 Å². The summed E-state index contributed by atoms with van der Waals surface area (Å²) in [6.07, 6.45) is 0. The lowest BCUT2D eigenvalue weighted by Gasteiger charge is -2.15. The maximum atomic E-state index is 14.3. The second-order valence-corrected chi connectivity index (χ2v) is 7.54. The number of carbonyl (C=O) groups is 1. The van der Waals surface area contributed by atoms with Gasteiger partial charge in [-0.3, -0.25) is 0 Å². The molecule has 0 aliphatic heterocycles. The van der Waals surface area contributed by atoms with E-state index in [0.717, 1.165) is 11.3 Å². The summed E-state index contributed by atoms with van der Waals surface area (Å²) in [6, 6.07) is 14.6. The standard InChI is InChI=1S/C23H24ClFN2O2/c1-14(17-8-5-4-6-9-17)26-12-18-15(2)27(16(3)22(18)23(28)29)13-19-20(24)10-7-11-21(19)25/h4-11,14,26H,12-13H2,1-3H3,(H,28,29)/t14-/m0/s1. The van der Waals surface area contributed by atoms with Gasteiger partial charge in [-0.1, -0.05) is 48.0 Å². The number of nitrogens with zero attached hydrogens (tertiary/aromatic N) is 1. The summed E-state index contributed by atoms with van der Waals surface area (Å²) < 4.78 is 16.1. The number of hydrogen-bond acceptors (Lipinski definition) is 2. The Bertz CT molecular complexity index is 1010. The van der Waals surface area contributed by atoms with E-state index in [-0.39, 0.29) is 18.2 Å². The van der Waals surface area contributed by atoms with Gasteiger partial charge in [-0.25, -0.2) is 9.18 Å². The smallest absolute Gasteiger partial charge is 0.337 e. The number of halogens is 2. The second-order valence-electron chi connectivity index (χ2n) is 7.13. The number of aromatic carboxylic acids is 1. The van der Waals surface area contributed by atoms with Gasteiger partial charge in [-0.05, 0) is 38.5 Å². The average molecular weight is 415 g/mol. The minimum absolute atomic E-state index is 0.0573. The minimum Gasteiger partial charge on any atom is -0.478 e. The maximum absolute atomic E-state index is 14.3. The number of nitrogens with one attached hydrogen (secondary N) is 1. The minimum atomic E-state index is -0.992. The molecule has 0 radical (unpaired) electrons. The van der Waals surface area contributed by atoms with Crippen molar-refractivity contribution in [2.45, 2.75) is 39.9 Å². The molecule has 0 fully saturated rings. The molecule has 0 unspecified atom stereocenters. The molecule has 0 aliphatic rings. The van der Waals surface area contributed by atoms with E-state index in [1.165, 1.54) is 6.07 Å². The summed E-state index contributed by atoms with van der Waals surface area (Å²) in [6.45, 7) is 6.21. The third-order valence-electron chi connectivity index (χ3n) is 5.39. The molecular weight excluding hydrogens is 391 g/mol. The molecule has 2 N–H and O–H groups in total. The molecule has 6 heteroatoms. The van der Waals surface area contributed by atoms with Crippen LogP contribution >= 0.6 is 11.6 Å². The van der Waals surface area contributed by atoms with Crippen LogP contribution in [0.1, 0.15) is 51.4 Å². The number of hydrogen-bond donors (Lipinski definition) is 2. The van der Waals surface area contributed by atoms with Crippen LogP contribution in [0.2, 0.25) is 5.02 Å². The molecule has 0 amide bonds. The summed E-state index contributed by atoms with van der Waals surface area (Å²) in [5.41, 5.74) is 3.79. The van der Waals surface area contributed by atoms with E-state index in [1.54, 1.807) is 19.1 Å². The molecule has 2 aromatic carbocycles. The Balaban J connectivity index is 1.93. The SMILES string of the molecule is Cc1c(CN[C@@H](C)c2ccccc2)c(C(=O)O)c(C)n1Cc1c(F)cccc1Cl. The van der Waals surface area contributed by atoms with Gasteiger partial charge >= 0.3 is 5.97 Å². The normalized spacial score (nSPS) is 12.2. The van der Waals surface area contributed by atoms with E-state index >= 15 is 0 Å². The molecule has 1 aromatic heterocycles. The third kappa shape index (κ3) is 4.36. The highest BCUT2D eigenvalue weighted by Gasteiger charge is 2.24. The number of carboxylic acids is 1. The van der Waals surface area contributed by atoms with Gasteiger partial charge < -0.3 is 15.0 Å². The topological polar surface area (TPSA) is 54.3 Å². The summed E-state index contributed by atoms with van der Waals surface area (Å²) >= 11 is 6.18. The van der Waals surface area contributed by atoms with E-state index in [9.17, 15) is 14.3 Å². The number of carboxylic acid groups (broad SMARTS) is 1. The molecule has 1 heterocycles. The van der Waals surface area contributed by atoms with E-state index in [4.69, 9.17) is 11.6 Å². The number of benzene rings is 2. The maximum Gasteiger partial charge on any atom is 0.337 e. The van der Waals surface area contributed by atoms with Gasteiger partial charge in [-0.15, -0.1) is 0 Å². The van der Waals surface area contributed by atoms with Crippen molar-refractivity contribution in [1.82, 2.24) is 9.88 Å². The number of aromatic nitrogens is 1. The van der Waals surface area contributed by atoms with E-state index in [1.807, 2.05) is 48.7 Å². The van der Waals surface area contributed by atoms with Crippen molar-refractivity contribution in [3.63, 3.8) is 0 Å². The van der Waals surface area contributed by atoms with Crippen molar-refractivity contribution in [2.24, 2.45) is 0 Å². The van der Waals surface area contributed by atoms with Crippen LogP contribution in [0.4, 0.5) is 4.39 Å². The summed E-state index contributed by atoms with van der Waals surface area (Å²) in [5.74, 6) is -1.40. The first-order chi connectivity index (χ1) is 13.8. The first-order valence-electron chi connectivity index (χ1n) is 9.44. The van der Waals surface area contributed by atoms with Crippen molar-refractivity contribution < 1.29 is 14.3 Å². The zero-order chi connectivity index (χ0) is 21.1. The first kappa shape index (κ1) is 21.1. The lowest BCUT2D eigenvalue weighted by Crippen LogP contribution is -2.19. The Labute approximate surface area is 174 Å². The molecule has 4 nitrogen and oxygen atoms in total. The van der Waals surface area contributed by atoms with Crippen molar-refractivity contribution in [3.05, 3.63) is 93.0 Å². The van der Waals surface area contributed by atoms with E-state index < -0.39 is 11.8 Å². The summed E-state index contributed by atoms with van der Waals surface area (Å²) in [7, 11) is 0. The molecule has 0 aliphatic carbocycles. The lowest BCUT2D eigenvalue weighted by molar-refractivity contribution is 0.0694. The Morgan fingerprint density at radius 3 is 2.41 bits per heavy atom. The average Bonchev–Trinajstić information content (AvgIpc) is 2.93. The monoisotopic (exact) mass is 414 g/mol. The fraction of sp³-hybridized carbons (Fsp3) is 0.261. The summed E-state index contributed by atoms with van der Waals surface area (Å²) in [5, 5.41) is 13.5. The predicted octanol–water partition coefficient (Wildman–Crippen LogP) is 5.49. The van der Waals surface area contributed by atoms with Crippen molar-refractivity contribution >= 4 is 17.6 Å². The predicted molar refractivity (Wildman–Crippen MR) is 113 cm³/mol. The van der Waals surface area contributed by atoms with Crippen LogP contribution in [0.25, 0.3) is 0 Å². The van der Waals surface area contributed by atoms with Crippen LogP contribution in [0.15, 0.2) is 48.5 Å². The fourth-order valence-electron chi connectivity index (χ4n) is 3.64. The van der Waals surface area contributed by atoms with Gasteiger partial charge in [0.05, 0.1) is 12.1 Å². The Kier molecular flexibility index (Phi) is 6.40. The molecule has 29 heavy (non-hydrogen) atoms. The lowest BCUT2D eigenvalue weighted by atomic mass is 10.1. The second kappa shape index (κ2) is 8.80. The van der Waals surface area contributed by atoms with Gasteiger partial charge in [0, 0.05) is 40.1 Å². The zero-order valence-corrected chi connectivity index (χ0v) is 17.4. The molecule has 0 saturated heterocycles. The van der Waals surface area contributed by atoms with E-state index in [2.05, 4.69) is 5.32 Å². The van der Waals surface area contributed by atoms with E-state index in [0.29, 0.717) is 28.4 Å². The van der Waals surface area contributed by atoms with Crippen molar-refractivity contribution in [2.75, 3.05) is 0 Å². The molecule has 0 spiro atoms. The third-order valence-corrected chi connectivity index (χ3v) is 5.74. The number of rotatable bonds is 7. The molecule has 3 aromatic rings. The van der Waals surface area contributed by atoms with Crippen LogP contribution in [0.3, 0.4) is 0 Å². The quantitative estimate of drug-likeness (QED) is 0.537. The Hall–Kier alpha value is -2.63. The highest BCUT2D eigenvalue weighted by atomic mass is 35.5. The largest absolute Gasteiger partial charge is 0.478 e. The van der Waals surface area contributed by atoms with Crippen LogP contribution in [-0.4, -0.2) is 15.6 Å². The highest BCUT2D eigenvalue weighted by Crippen LogP contribution is 2.27. The molecule has 0 saturated carbocycles. The van der Waals surface area contributed by atoms with Crippen LogP contribution in [0, 0.1) is 19.7 Å². The zero-order valence-electron chi connectivity index (χ0n) is 16.7. The molecular formula is C23H24ClFN2O2. The fourth-order valence-corrected chi connectivity index (χ4v) is 3.86. The highest BCUT2D eigenvalue weighted by molar-refractivity contribution is 6.31. The summed E-state index contributed by atoms with van der Waals surface area (Å²) in [4.78, 5) is 12.0. The first-order valence-corrected chi connectivity index (χ1v) is 9.82. The Morgan fingerprint density at radius 1 is 1.10 bits per heavy atom.